The van der Waals surface area contributed by atoms with Crippen molar-refractivity contribution in [2.45, 2.75) is 45.6 Å². The maximum Gasteiger partial charge on any atom is 0.223 e. The Morgan fingerprint density at radius 3 is 2.73 bits per heavy atom. The molecule has 1 aliphatic heterocycles. The second-order valence-corrected chi connectivity index (χ2v) is 7.67. The van der Waals surface area contributed by atoms with Crippen LogP contribution in [0.25, 0.3) is 0 Å². The number of carbonyl (C=O) groups excluding carboxylic acids is 1. The van der Waals surface area contributed by atoms with Crippen molar-refractivity contribution in [1.82, 2.24) is 15.3 Å². The van der Waals surface area contributed by atoms with Gasteiger partial charge in [-0.3, -0.25) is 9.78 Å². The summed E-state index contributed by atoms with van der Waals surface area (Å²) in [4.78, 5) is 23.5. The molecular weight excluding hydrogens is 380 g/mol. The molecule has 1 aromatic carbocycles. The number of hydrogen-bond acceptors (Lipinski definition) is 6. The number of nitrogens with one attached hydrogen (secondary N) is 1. The molecule has 1 atom stereocenters. The first kappa shape index (κ1) is 21.9. The third kappa shape index (κ3) is 5.62. The molecule has 1 aromatic heterocycles. The van der Waals surface area contributed by atoms with Crippen molar-refractivity contribution in [3.05, 3.63) is 42.4 Å². The zero-order valence-corrected chi connectivity index (χ0v) is 18.1. The van der Waals surface area contributed by atoms with Crippen LogP contribution >= 0.6 is 0 Å². The second kappa shape index (κ2) is 10.8. The highest BCUT2D eigenvalue weighted by Crippen LogP contribution is 2.31. The third-order valence-electron chi connectivity index (χ3n) is 5.54. The largest absolute Gasteiger partial charge is 0.493 e. The van der Waals surface area contributed by atoms with Crippen molar-refractivity contribution in [2.75, 3.05) is 31.7 Å². The van der Waals surface area contributed by atoms with E-state index in [1.54, 1.807) is 25.7 Å². The fourth-order valence-electron chi connectivity index (χ4n) is 3.64. The standard InChI is InChI=1S/C23H32N4O3/c1-4-5-14-30-20-7-6-19(15-21(20)29-3)17(2)26-23(28)18-8-12-27(13-9-18)22-16-24-10-11-25-22/h6-7,10-11,15-18H,4-5,8-9,12-14H2,1-3H3,(H,26,28). The first-order valence-corrected chi connectivity index (χ1v) is 10.7. The lowest BCUT2D eigenvalue weighted by Gasteiger charge is -2.32. The summed E-state index contributed by atoms with van der Waals surface area (Å²) in [6.07, 6.45) is 8.85. The molecule has 0 spiro atoms. The Bertz CT molecular complexity index is 807. The van der Waals surface area contributed by atoms with Crippen LogP contribution in [0.4, 0.5) is 5.82 Å². The minimum atomic E-state index is -0.103. The van der Waals surface area contributed by atoms with Crippen LogP contribution in [0.2, 0.25) is 0 Å². The Kier molecular flexibility index (Phi) is 7.88. The molecule has 2 heterocycles. The molecule has 1 aliphatic rings. The van der Waals surface area contributed by atoms with E-state index < -0.39 is 0 Å². The lowest BCUT2D eigenvalue weighted by molar-refractivity contribution is -0.126. The van der Waals surface area contributed by atoms with Crippen molar-refractivity contribution in [1.29, 1.82) is 0 Å². The zero-order chi connectivity index (χ0) is 21.3. The maximum absolute atomic E-state index is 12.8. The number of piperidine rings is 1. The molecule has 0 radical (unpaired) electrons. The minimum absolute atomic E-state index is 0.0129. The lowest BCUT2D eigenvalue weighted by atomic mass is 9.95. The zero-order valence-electron chi connectivity index (χ0n) is 18.1. The molecule has 7 nitrogen and oxygen atoms in total. The summed E-state index contributed by atoms with van der Waals surface area (Å²) < 4.78 is 11.3. The number of amides is 1. The third-order valence-corrected chi connectivity index (χ3v) is 5.54. The quantitative estimate of drug-likeness (QED) is 0.632. The molecular formula is C23H32N4O3. The summed E-state index contributed by atoms with van der Waals surface area (Å²) in [6, 6.07) is 5.76. The van der Waals surface area contributed by atoms with Crippen molar-refractivity contribution >= 4 is 11.7 Å². The van der Waals surface area contributed by atoms with Gasteiger partial charge in [0.25, 0.3) is 0 Å². The molecule has 1 N–H and O–H groups in total. The fraction of sp³-hybridized carbons (Fsp3) is 0.522. The smallest absolute Gasteiger partial charge is 0.223 e. The van der Waals surface area contributed by atoms with Gasteiger partial charge in [-0.25, -0.2) is 4.98 Å². The Hall–Kier alpha value is -2.83. The first-order valence-electron chi connectivity index (χ1n) is 10.7. The summed E-state index contributed by atoms with van der Waals surface area (Å²) in [7, 11) is 1.64. The van der Waals surface area contributed by atoms with Gasteiger partial charge in [0.15, 0.2) is 11.5 Å². The average Bonchev–Trinajstić information content (AvgIpc) is 2.80. The van der Waals surface area contributed by atoms with Crippen LogP contribution in [0, 0.1) is 5.92 Å². The van der Waals surface area contributed by atoms with Gasteiger partial charge in [-0.1, -0.05) is 19.4 Å². The van der Waals surface area contributed by atoms with E-state index >= 15 is 0 Å². The van der Waals surface area contributed by atoms with E-state index in [0.29, 0.717) is 12.4 Å². The molecule has 162 valence electrons. The van der Waals surface area contributed by atoms with E-state index in [2.05, 4.69) is 27.1 Å². The van der Waals surface area contributed by atoms with Gasteiger partial charge in [0, 0.05) is 31.4 Å². The van der Waals surface area contributed by atoms with E-state index in [1.807, 2.05) is 25.1 Å². The number of rotatable bonds is 9. The summed E-state index contributed by atoms with van der Waals surface area (Å²) in [5.74, 6) is 2.42. The summed E-state index contributed by atoms with van der Waals surface area (Å²) in [6.45, 7) is 6.42. The Morgan fingerprint density at radius 1 is 1.27 bits per heavy atom. The highest BCUT2D eigenvalue weighted by Gasteiger charge is 2.26. The van der Waals surface area contributed by atoms with Crippen molar-refractivity contribution in [3.8, 4) is 11.5 Å². The van der Waals surface area contributed by atoms with Gasteiger partial charge < -0.3 is 19.7 Å². The summed E-state index contributed by atoms with van der Waals surface area (Å²) >= 11 is 0. The van der Waals surface area contributed by atoms with Crippen LogP contribution < -0.4 is 19.7 Å². The number of ether oxygens (including phenoxy) is 2. The maximum atomic E-state index is 12.8. The van der Waals surface area contributed by atoms with Crippen LogP contribution in [0.5, 0.6) is 11.5 Å². The fourth-order valence-corrected chi connectivity index (χ4v) is 3.64. The molecule has 1 unspecified atom stereocenters. The molecule has 30 heavy (non-hydrogen) atoms. The molecule has 3 rings (SSSR count). The van der Waals surface area contributed by atoms with E-state index in [0.717, 1.165) is 55.9 Å². The van der Waals surface area contributed by atoms with Crippen molar-refractivity contribution in [3.63, 3.8) is 0 Å². The number of nitrogens with zero attached hydrogens (tertiary/aromatic N) is 3. The second-order valence-electron chi connectivity index (χ2n) is 7.67. The Morgan fingerprint density at radius 2 is 2.07 bits per heavy atom. The Labute approximate surface area is 178 Å². The number of unbranched alkanes of at least 4 members (excludes halogenated alkanes) is 1. The van der Waals surface area contributed by atoms with Gasteiger partial charge in [-0.15, -0.1) is 0 Å². The minimum Gasteiger partial charge on any atom is -0.493 e. The predicted molar refractivity (Wildman–Crippen MR) is 117 cm³/mol. The van der Waals surface area contributed by atoms with E-state index in [1.165, 1.54) is 0 Å². The number of carbonyl (C=O) groups is 1. The number of hydrogen-bond donors (Lipinski definition) is 1. The SMILES string of the molecule is CCCCOc1ccc(C(C)NC(=O)C2CCN(c3cnccn3)CC2)cc1OC. The highest BCUT2D eigenvalue weighted by atomic mass is 16.5. The molecule has 2 aromatic rings. The van der Waals surface area contributed by atoms with Crippen molar-refractivity contribution in [2.24, 2.45) is 5.92 Å². The van der Waals surface area contributed by atoms with E-state index in [4.69, 9.17) is 9.47 Å². The van der Waals surface area contributed by atoms with Crippen LogP contribution in [0.15, 0.2) is 36.8 Å². The van der Waals surface area contributed by atoms with Crippen LogP contribution in [-0.4, -0.2) is 42.7 Å². The molecule has 1 saturated heterocycles. The topological polar surface area (TPSA) is 76.6 Å². The monoisotopic (exact) mass is 412 g/mol. The molecule has 0 saturated carbocycles. The number of benzene rings is 1. The van der Waals surface area contributed by atoms with Crippen molar-refractivity contribution < 1.29 is 14.3 Å². The normalized spacial score (nSPS) is 15.5. The predicted octanol–water partition coefficient (Wildman–Crippen LogP) is 3.76. The molecule has 7 heteroatoms. The average molecular weight is 413 g/mol. The van der Waals surface area contributed by atoms with E-state index in [-0.39, 0.29) is 17.9 Å². The van der Waals surface area contributed by atoms with Crippen LogP contribution in [0.3, 0.4) is 0 Å². The van der Waals surface area contributed by atoms with Gasteiger partial charge in [-0.05, 0) is 43.9 Å². The summed E-state index contributed by atoms with van der Waals surface area (Å²) in [5.41, 5.74) is 1.00. The van der Waals surface area contributed by atoms with Gasteiger partial charge >= 0.3 is 0 Å². The van der Waals surface area contributed by atoms with E-state index in [9.17, 15) is 4.79 Å². The van der Waals surface area contributed by atoms with Gasteiger partial charge in [0.05, 0.1) is 26.0 Å². The lowest BCUT2D eigenvalue weighted by Crippen LogP contribution is -2.41. The molecule has 0 aliphatic carbocycles. The van der Waals surface area contributed by atoms with Gasteiger partial charge in [0.2, 0.25) is 5.91 Å². The number of anilines is 1. The number of methoxy groups -OCH3 is 1. The van der Waals surface area contributed by atoms with Crippen LogP contribution in [0.1, 0.15) is 51.1 Å². The Balaban J connectivity index is 1.54. The van der Waals surface area contributed by atoms with Gasteiger partial charge in [-0.2, -0.15) is 0 Å². The molecule has 0 bridgehead atoms. The first-order chi connectivity index (χ1) is 14.6. The molecule has 1 fully saturated rings. The molecule has 1 amide bonds. The van der Waals surface area contributed by atoms with Gasteiger partial charge in [0.1, 0.15) is 5.82 Å². The number of aromatic nitrogens is 2. The highest BCUT2D eigenvalue weighted by molar-refractivity contribution is 5.79. The van der Waals surface area contributed by atoms with Crippen LogP contribution in [-0.2, 0) is 4.79 Å². The summed E-state index contributed by atoms with van der Waals surface area (Å²) in [5, 5.41) is 3.16.